The second-order valence-electron chi connectivity index (χ2n) is 6.46. The van der Waals surface area contributed by atoms with E-state index in [1.165, 1.54) is 5.56 Å². The van der Waals surface area contributed by atoms with Crippen LogP contribution in [0.3, 0.4) is 0 Å². The summed E-state index contributed by atoms with van der Waals surface area (Å²) in [4.78, 5) is 16.6. The molecule has 0 radical (unpaired) electrons. The molecule has 1 rings (SSSR count). The van der Waals surface area contributed by atoms with Gasteiger partial charge in [-0.05, 0) is 51.8 Å². The third-order valence-corrected chi connectivity index (χ3v) is 3.79. The van der Waals surface area contributed by atoms with Crippen LogP contribution in [0.2, 0.25) is 0 Å². The molecule has 1 aromatic rings. The Balaban J connectivity index is 0.00000625. The molecular formula is C19H33IN4O2. The molecule has 7 heteroatoms. The minimum Gasteiger partial charge on any atom is -0.497 e. The van der Waals surface area contributed by atoms with E-state index in [4.69, 9.17) is 4.74 Å². The lowest BCUT2D eigenvalue weighted by Gasteiger charge is -2.22. The van der Waals surface area contributed by atoms with E-state index in [1.807, 2.05) is 39.8 Å². The van der Waals surface area contributed by atoms with Crippen molar-refractivity contribution in [1.29, 1.82) is 0 Å². The third-order valence-electron chi connectivity index (χ3n) is 3.79. The van der Waals surface area contributed by atoms with Crippen LogP contribution < -0.4 is 20.7 Å². The van der Waals surface area contributed by atoms with Crippen LogP contribution in [-0.4, -0.2) is 45.2 Å². The van der Waals surface area contributed by atoms with Crippen molar-refractivity contribution in [2.45, 2.75) is 34.1 Å². The maximum atomic E-state index is 12.1. The number of carbonyl (C=O) groups is 1. The lowest BCUT2D eigenvalue weighted by Crippen LogP contribution is -2.42. The van der Waals surface area contributed by atoms with Gasteiger partial charge in [0.1, 0.15) is 5.75 Å². The first-order valence-corrected chi connectivity index (χ1v) is 8.86. The van der Waals surface area contributed by atoms with Gasteiger partial charge in [-0.1, -0.05) is 12.1 Å². The number of halogens is 1. The number of carbonyl (C=O) groups excluding carboxylic acids is 1. The van der Waals surface area contributed by atoms with Crippen molar-refractivity contribution in [1.82, 2.24) is 16.0 Å². The minimum absolute atomic E-state index is 0. The van der Waals surface area contributed by atoms with Gasteiger partial charge in [0.25, 0.3) is 0 Å². The van der Waals surface area contributed by atoms with Crippen LogP contribution in [0.1, 0.15) is 33.3 Å². The summed E-state index contributed by atoms with van der Waals surface area (Å²) in [7, 11) is 1.66. The average Bonchev–Trinajstić information content (AvgIpc) is 2.60. The molecule has 3 N–H and O–H groups in total. The number of ether oxygens (including phenoxy) is 1. The zero-order chi connectivity index (χ0) is 18.7. The van der Waals surface area contributed by atoms with Crippen molar-refractivity contribution in [3.05, 3.63) is 29.8 Å². The van der Waals surface area contributed by atoms with Gasteiger partial charge in [-0.3, -0.25) is 9.79 Å². The Hall–Kier alpha value is -1.51. The van der Waals surface area contributed by atoms with Gasteiger partial charge in [0.05, 0.1) is 19.1 Å². The minimum atomic E-state index is -0.533. The summed E-state index contributed by atoms with van der Waals surface area (Å²) in [6.45, 7) is 10.3. The first kappa shape index (κ1) is 24.5. The Labute approximate surface area is 174 Å². The summed E-state index contributed by atoms with van der Waals surface area (Å²) in [5.74, 6) is 1.61. The molecule has 0 saturated carbocycles. The summed E-state index contributed by atoms with van der Waals surface area (Å²) >= 11 is 0. The maximum absolute atomic E-state index is 12.1. The molecule has 0 aliphatic rings. The summed E-state index contributed by atoms with van der Waals surface area (Å²) < 4.78 is 5.17. The van der Waals surface area contributed by atoms with Crippen molar-refractivity contribution in [2.75, 3.05) is 33.3 Å². The molecular weight excluding hydrogens is 443 g/mol. The molecule has 0 fully saturated rings. The molecule has 0 saturated heterocycles. The smallest absolute Gasteiger partial charge is 0.227 e. The zero-order valence-electron chi connectivity index (χ0n) is 16.5. The molecule has 148 valence electrons. The summed E-state index contributed by atoms with van der Waals surface area (Å²) in [6, 6.07) is 8.04. The first-order valence-electron chi connectivity index (χ1n) is 8.86. The predicted molar refractivity (Wildman–Crippen MR) is 119 cm³/mol. The monoisotopic (exact) mass is 476 g/mol. The molecule has 6 nitrogen and oxygen atoms in total. The number of rotatable bonds is 9. The number of nitrogens with one attached hydrogen (secondary N) is 3. The number of methoxy groups -OCH3 is 1. The van der Waals surface area contributed by atoms with E-state index < -0.39 is 5.41 Å². The van der Waals surface area contributed by atoms with Gasteiger partial charge < -0.3 is 20.7 Å². The van der Waals surface area contributed by atoms with Gasteiger partial charge in [-0.25, -0.2) is 0 Å². The Kier molecular flexibility index (Phi) is 12.0. The topological polar surface area (TPSA) is 74.8 Å². The molecule has 0 heterocycles. The zero-order valence-corrected chi connectivity index (χ0v) is 18.8. The Morgan fingerprint density at radius 3 is 2.23 bits per heavy atom. The van der Waals surface area contributed by atoms with Crippen LogP contribution in [0.5, 0.6) is 5.75 Å². The van der Waals surface area contributed by atoms with E-state index in [9.17, 15) is 4.79 Å². The van der Waals surface area contributed by atoms with Crippen LogP contribution in [0.25, 0.3) is 0 Å². The maximum Gasteiger partial charge on any atom is 0.227 e. The number of hydrogen-bond donors (Lipinski definition) is 3. The summed E-state index contributed by atoms with van der Waals surface area (Å²) in [5.41, 5.74) is 0.695. The van der Waals surface area contributed by atoms with Crippen LogP contribution >= 0.6 is 24.0 Å². The second kappa shape index (κ2) is 12.8. The molecule has 0 aliphatic carbocycles. The molecule has 1 aromatic carbocycles. The van der Waals surface area contributed by atoms with E-state index in [1.54, 1.807) is 7.11 Å². The van der Waals surface area contributed by atoms with E-state index in [-0.39, 0.29) is 29.9 Å². The van der Waals surface area contributed by atoms with Crippen molar-refractivity contribution < 1.29 is 9.53 Å². The largest absolute Gasteiger partial charge is 0.497 e. The van der Waals surface area contributed by atoms with Gasteiger partial charge in [0.2, 0.25) is 5.91 Å². The fourth-order valence-corrected chi connectivity index (χ4v) is 2.21. The van der Waals surface area contributed by atoms with Gasteiger partial charge in [-0.2, -0.15) is 0 Å². The van der Waals surface area contributed by atoms with Crippen LogP contribution in [0.4, 0.5) is 0 Å². The normalized spacial score (nSPS) is 11.3. The number of benzene rings is 1. The molecule has 0 spiro atoms. The van der Waals surface area contributed by atoms with Gasteiger partial charge >= 0.3 is 0 Å². The van der Waals surface area contributed by atoms with Crippen molar-refractivity contribution in [3.63, 3.8) is 0 Å². The summed E-state index contributed by atoms with van der Waals surface area (Å²) in [6.07, 6.45) is 0.883. The Morgan fingerprint density at radius 1 is 1.08 bits per heavy atom. The summed E-state index contributed by atoms with van der Waals surface area (Å²) in [5, 5.41) is 9.39. The molecule has 0 aromatic heterocycles. The standard InChI is InChI=1S/C19H32N4O2.HI/c1-6-20-17(24)19(3,4)14-23-18(21-7-2)22-13-12-15-8-10-16(25-5)11-9-15;/h8-11H,6-7,12-14H2,1-5H3,(H,20,24)(H2,21,22,23);1H. The number of hydrogen-bond acceptors (Lipinski definition) is 3. The third kappa shape index (κ3) is 8.73. The highest BCUT2D eigenvalue weighted by atomic mass is 127. The predicted octanol–water partition coefficient (Wildman–Crippen LogP) is 2.57. The Bertz CT molecular complexity index is 559. The second-order valence-corrected chi connectivity index (χ2v) is 6.46. The first-order chi connectivity index (χ1) is 11.9. The molecule has 0 unspecified atom stereocenters. The van der Waals surface area contributed by atoms with Crippen LogP contribution in [0.15, 0.2) is 29.3 Å². The highest BCUT2D eigenvalue weighted by Gasteiger charge is 2.26. The van der Waals surface area contributed by atoms with Crippen molar-refractivity contribution in [3.8, 4) is 5.75 Å². The highest BCUT2D eigenvalue weighted by Crippen LogP contribution is 2.15. The quantitative estimate of drug-likeness (QED) is 0.291. The van der Waals surface area contributed by atoms with E-state index >= 15 is 0 Å². The van der Waals surface area contributed by atoms with Gasteiger partial charge in [-0.15, -0.1) is 24.0 Å². The number of nitrogens with zero attached hydrogens (tertiary/aromatic N) is 1. The number of guanidine groups is 1. The molecule has 0 bridgehead atoms. The fraction of sp³-hybridized carbons (Fsp3) is 0.579. The van der Waals surface area contributed by atoms with Gasteiger partial charge in [0, 0.05) is 19.6 Å². The van der Waals surface area contributed by atoms with Crippen LogP contribution in [-0.2, 0) is 11.2 Å². The highest BCUT2D eigenvalue weighted by molar-refractivity contribution is 14.0. The SMILES string of the molecule is CCNC(=O)C(C)(C)CN=C(NCC)NCCc1ccc(OC)cc1.I. The van der Waals surface area contributed by atoms with Crippen molar-refractivity contribution in [2.24, 2.45) is 10.4 Å². The lowest BCUT2D eigenvalue weighted by molar-refractivity contribution is -0.128. The molecule has 1 amide bonds. The molecule has 0 atom stereocenters. The van der Waals surface area contributed by atoms with E-state index in [0.717, 1.165) is 31.2 Å². The average molecular weight is 476 g/mol. The molecule has 26 heavy (non-hydrogen) atoms. The number of amides is 1. The fourth-order valence-electron chi connectivity index (χ4n) is 2.21. The van der Waals surface area contributed by atoms with Crippen LogP contribution in [0, 0.1) is 5.41 Å². The van der Waals surface area contributed by atoms with Gasteiger partial charge in [0.15, 0.2) is 5.96 Å². The van der Waals surface area contributed by atoms with Crippen molar-refractivity contribution >= 4 is 35.8 Å². The lowest BCUT2D eigenvalue weighted by atomic mass is 9.92. The molecule has 0 aliphatic heterocycles. The Morgan fingerprint density at radius 2 is 1.69 bits per heavy atom. The number of aliphatic imine (C=N–C) groups is 1. The van der Waals surface area contributed by atoms with E-state index in [2.05, 4.69) is 33.1 Å². The van der Waals surface area contributed by atoms with E-state index in [0.29, 0.717) is 13.1 Å².